The van der Waals surface area contributed by atoms with Crippen LogP contribution in [0.3, 0.4) is 0 Å². The van der Waals surface area contributed by atoms with E-state index in [1.807, 2.05) is 59.5 Å². The first kappa shape index (κ1) is 18.4. The van der Waals surface area contributed by atoms with Crippen LogP contribution in [0.1, 0.15) is 16.8 Å². The maximum Gasteiger partial charge on any atom is 0.253 e. The van der Waals surface area contributed by atoms with E-state index in [0.29, 0.717) is 17.1 Å². The lowest BCUT2D eigenvalue weighted by molar-refractivity contribution is 0.0767. The summed E-state index contributed by atoms with van der Waals surface area (Å²) in [6.07, 6.45) is 4.39. The Morgan fingerprint density at radius 2 is 1.64 bits per heavy atom. The molecule has 1 aliphatic rings. The van der Waals surface area contributed by atoms with E-state index in [-0.39, 0.29) is 5.91 Å². The molecular formula is C22H21ClN4O. The molecule has 1 fully saturated rings. The second-order valence-electron chi connectivity index (χ2n) is 6.77. The molecule has 0 radical (unpaired) electrons. The Morgan fingerprint density at radius 1 is 0.857 bits per heavy atom. The summed E-state index contributed by atoms with van der Waals surface area (Å²) in [4.78, 5) is 25.6. The molecule has 28 heavy (non-hydrogen) atoms. The molecule has 1 amide bonds. The summed E-state index contributed by atoms with van der Waals surface area (Å²) in [5.41, 5.74) is 2.79. The van der Waals surface area contributed by atoms with E-state index in [2.05, 4.69) is 14.9 Å². The molecule has 0 unspecified atom stereocenters. The van der Waals surface area contributed by atoms with Crippen molar-refractivity contribution in [3.05, 3.63) is 77.6 Å². The van der Waals surface area contributed by atoms with E-state index in [9.17, 15) is 4.79 Å². The number of amides is 1. The van der Waals surface area contributed by atoms with Gasteiger partial charge in [0.25, 0.3) is 5.91 Å². The third-order valence-electron chi connectivity index (χ3n) is 4.91. The van der Waals surface area contributed by atoms with Crippen LogP contribution in [0.15, 0.2) is 67.0 Å². The third kappa shape index (κ3) is 4.15. The topological polar surface area (TPSA) is 49.3 Å². The van der Waals surface area contributed by atoms with Gasteiger partial charge in [-0.15, -0.1) is 0 Å². The first-order chi connectivity index (χ1) is 13.7. The highest BCUT2D eigenvalue weighted by atomic mass is 35.5. The van der Waals surface area contributed by atoms with Crippen molar-refractivity contribution in [2.75, 3.05) is 31.1 Å². The van der Waals surface area contributed by atoms with Crippen LogP contribution in [0, 0.1) is 0 Å². The molecule has 0 spiro atoms. The zero-order valence-electron chi connectivity index (χ0n) is 15.5. The summed E-state index contributed by atoms with van der Waals surface area (Å²) in [7, 11) is 0. The number of carbonyl (C=O) groups excluding carboxylic acids is 1. The molecule has 0 bridgehead atoms. The predicted molar refractivity (Wildman–Crippen MR) is 112 cm³/mol. The number of rotatable bonds is 3. The fourth-order valence-corrected chi connectivity index (χ4v) is 3.62. The molecule has 1 saturated heterocycles. The highest BCUT2D eigenvalue weighted by Crippen LogP contribution is 2.23. The molecule has 5 nitrogen and oxygen atoms in total. The monoisotopic (exact) mass is 392 g/mol. The number of anilines is 1. The van der Waals surface area contributed by atoms with Gasteiger partial charge < -0.3 is 9.80 Å². The molecule has 0 aliphatic carbocycles. The first-order valence-electron chi connectivity index (χ1n) is 9.38. The summed E-state index contributed by atoms with van der Waals surface area (Å²) >= 11 is 6.08. The average Bonchev–Trinajstić information content (AvgIpc) is 3.00. The van der Waals surface area contributed by atoms with Gasteiger partial charge in [-0.2, -0.15) is 0 Å². The number of benzene rings is 2. The molecule has 1 aliphatic heterocycles. The van der Waals surface area contributed by atoms with Crippen LogP contribution in [-0.2, 0) is 0 Å². The second-order valence-corrected chi connectivity index (χ2v) is 7.21. The van der Waals surface area contributed by atoms with Crippen molar-refractivity contribution in [2.24, 2.45) is 0 Å². The lowest BCUT2D eigenvalue weighted by Crippen LogP contribution is -2.35. The Hall–Kier alpha value is -2.92. The van der Waals surface area contributed by atoms with E-state index in [1.54, 1.807) is 12.4 Å². The number of aromatic nitrogens is 2. The molecule has 2 aromatic carbocycles. The maximum absolute atomic E-state index is 13.0. The minimum Gasteiger partial charge on any atom is -0.339 e. The number of halogens is 1. The Bertz CT molecular complexity index is 946. The SMILES string of the molecule is O=C(c1ccc(-c2cccc(Cl)c2)cc1)N1CCCN(c2ncccn2)CC1. The van der Waals surface area contributed by atoms with Gasteiger partial charge in [-0.1, -0.05) is 35.9 Å². The van der Waals surface area contributed by atoms with E-state index in [4.69, 9.17) is 11.6 Å². The molecule has 0 N–H and O–H groups in total. The lowest BCUT2D eigenvalue weighted by atomic mass is 10.0. The van der Waals surface area contributed by atoms with E-state index < -0.39 is 0 Å². The standard InChI is InChI=1S/C22H21ClN4O/c23-20-5-1-4-19(16-20)17-6-8-18(9-7-17)21(28)26-12-3-13-27(15-14-26)22-24-10-2-11-25-22/h1-2,4-11,16H,3,12-15H2. The molecule has 4 rings (SSSR count). The van der Waals surface area contributed by atoms with Crippen LogP contribution in [0.4, 0.5) is 5.95 Å². The van der Waals surface area contributed by atoms with Gasteiger partial charge in [-0.05, 0) is 47.9 Å². The Balaban J connectivity index is 1.44. The predicted octanol–water partition coefficient (Wildman–Crippen LogP) is 4.15. The van der Waals surface area contributed by atoms with Crippen LogP contribution < -0.4 is 4.90 Å². The van der Waals surface area contributed by atoms with Crippen molar-refractivity contribution in [3.8, 4) is 11.1 Å². The van der Waals surface area contributed by atoms with Gasteiger partial charge in [0.15, 0.2) is 0 Å². The van der Waals surface area contributed by atoms with Crippen molar-refractivity contribution in [1.82, 2.24) is 14.9 Å². The first-order valence-corrected chi connectivity index (χ1v) is 9.76. The smallest absolute Gasteiger partial charge is 0.253 e. The quantitative estimate of drug-likeness (QED) is 0.671. The average molecular weight is 393 g/mol. The number of hydrogen-bond acceptors (Lipinski definition) is 4. The Kier molecular flexibility index (Phi) is 5.53. The summed E-state index contributed by atoms with van der Waals surface area (Å²) < 4.78 is 0. The summed E-state index contributed by atoms with van der Waals surface area (Å²) in [6.45, 7) is 2.98. The fourth-order valence-electron chi connectivity index (χ4n) is 3.43. The number of hydrogen-bond donors (Lipinski definition) is 0. The third-order valence-corrected chi connectivity index (χ3v) is 5.14. The molecule has 1 aromatic heterocycles. The van der Waals surface area contributed by atoms with Gasteiger partial charge in [0.05, 0.1) is 0 Å². The Labute approximate surface area is 169 Å². The van der Waals surface area contributed by atoms with E-state index in [1.165, 1.54) is 0 Å². The number of carbonyl (C=O) groups is 1. The Morgan fingerprint density at radius 3 is 2.39 bits per heavy atom. The van der Waals surface area contributed by atoms with Gasteiger partial charge in [0, 0.05) is 49.2 Å². The van der Waals surface area contributed by atoms with Crippen molar-refractivity contribution >= 4 is 23.5 Å². The zero-order chi connectivity index (χ0) is 19.3. The van der Waals surface area contributed by atoms with Crippen LogP contribution in [-0.4, -0.2) is 47.0 Å². The summed E-state index contributed by atoms with van der Waals surface area (Å²) in [5, 5.41) is 0.703. The highest BCUT2D eigenvalue weighted by Gasteiger charge is 2.21. The molecule has 142 valence electrons. The van der Waals surface area contributed by atoms with Crippen molar-refractivity contribution in [2.45, 2.75) is 6.42 Å². The van der Waals surface area contributed by atoms with Crippen molar-refractivity contribution < 1.29 is 4.79 Å². The second kappa shape index (κ2) is 8.40. The van der Waals surface area contributed by atoms with Crippen LogP contribution in [0.25, 0.3) is 11.1 Å². The van der Waals surface area contributed by atoms with Gasteiger partial charge in [-0.25, -0.2) is 9.97 Å². The van der Waals surface area contributed by atoms with Crippen LogP contribution in [0.2, 0.25) is 5.02 Å². The van der Waals surface area contributed by atoms with Gasteiger partial charge >= 0.3 is 0 Å². The van der Waals surface area contributed by atoms with Gasteiger partial charge in [0.2, 0.25) is 5.95 Å². The van der Waals surface area contributed by atoms with Crippen LogP contribution in [0.5, 0.6) is 0 Å². The minimum atomic E-state index is 0.0634. The van der Waals surface area contributed by atoms with Gasteiger partial charge in [-0.3, -0.25) is 4.79 Å². The minimum absolute atomic E-state index is 0.0634. The van der Waals surface area contributed by atoms with Crippen LogP contribution >= 0.6 is 11.6 Å². The zero-order valence-corrected chi connectivity index (χ0v) is 16.2. The fraction of sp³-hybridized carbons (Fsp3) is 0.227. The van der Waals surface area contributed by atoms with Crippen molar-refractivity contribution in [3.63, 3.8) is 0 Å². The molecule has 2 heterocycles. The van der Waals surface area contributed by atoms with Crippen molar-refractivity contribution in [1.29, 1.82) is 0 Å². The van der Waals surface area contributed by atoms with E-state index in [0.717, 1.165) is 43.1 Å². The number of nitrogens with zero attached hydrogens (tertiary/aromatic N) is 4. The normalized spacial score (nSPS) is 14.6. The molecular weight excluding hydrogens is 372 g/mol. The molecule has 3 aromatic rings. The maximum atomic E-state index is 13.0. The van der Waals surface area contributed by atoms with E-state index >= 15 is 0 Å². The summed E-state index contributed by atoms with van der Waals surface area (Å²) in [5.74, 6) is 0.788. The lowest BCUT2D eigenvalue weighted by Gasteiger charge is -2.22. The molecule has 0 saturated carbocycles. The molecule has 6 heteroatoms. The highest BCUT2D eigenvalue weighted by molar-refractivity contribution is 6.30. The summed E-state index contributed by atoms with van der Waals surface area (Å²) in [6, 6.07) is 17.3. The largest absolute Gasteiger partial charge is 0.339 e. The van der Waals surface area contributed by atoms with Gasteiger partial charge in [0.1, 0.15) is 0 Å². The molecule has 0 atom stereocenters.